The monoisotopic (exact) mass is 348 g/mol. The van der Waals surface area contributed by atoms with Crippen molar-refractivity contribution in [2.24, 2.45) is 0 Å². The number of β-amino-alcohol motifs (C(OH)–C–C–N with tert-alkyl or cyclic N) is 1. The molecule has 136 valence electrons. The molecule has 0 unspecified atom stereocenters. The third-order valence-electron chi connectivity index (χ3n) is 4.56. The first-order valence-electron chi connectivity index (χ1n) is 8.58. The Morgan fingerprint density at radius 3 is 2.92 bits per heavy atom. The van der Waals surface area contributed by atoms with Crippen LogP contribution in [0.3, 0.4) is 0 Å². The van der Waals surface area contributed by atoms with E-state index < -0.39 is 6.10 Å². The summed E-state index contributed by atoms with van der Waals surface area (Å²) in [5.41, 5.74) is 0. The standard InChI is InChI=1S/C17H24N4O4/c1-3-20(11-16-19-18-12(2)25-16)14-9-21(10-15(14)22)17(23)7-6-13-5-4-8-24-13/h4-5,8,14-15,22H,3,6-7,9-11H2,1-2H3/t14-,15-/m1/s1. The smallest absolute Gasteiger partial charge is 0.230 e. The van der Waals surface area contributed by atoms with Gasteiger partial charge in [0.2, 0.25) is 17.7 Å². The Hall–Kier alpha value is -2.19. The first-order chi connectivity index (χ1) is 12.1. The molecule has 2 atom stereocenters. The van der Waals surface area contributed by atoms with E-state index in [1.807, 2.05) is 19.1 Å². The van der Waals surface area contributed by atoms with Gasteiger partial charge < -0.3 is 18.8 Å². The Balaban J connectivity index is 1.56. The number of nitrogens with zero attached hydrogens (tertiary/aromatic N) is 4. The van der Waals surface area contributed by atoms with Gasteiger partial charge in [-0.2, -0.15) is 0 Å². The van der Waals surface area contributed by atoms with Crippen LogP contribution in [-0.2, 0) is 17.8 Å². The Morgan fingerprint density at radius 1 is 1.44 bits per heavy atom. The van der Waals surface area contributed by atoms with Crippen LogP contribution in [0.1, 0.15) is 30.9 Å². The van der Waals surface area contributed by atoms with Crippen LogP contribution in [0.2, 0.25) is 0 Å². The van der Waals surface area contributed by atoms with Crippen LogP contribution in [0, 0.1) is 6.92 Å². The molecule has 25 heavy (non-hydrogen) atoms. The highest BCUT2D eigenvalue weighted by atomic mass is 16.4. The minimum atomic E-state index is -0.587. The van der Waals surface area contributed by atoms with Crippen LogP contribution in [0.15, 0.2) is 27.2 Å². The van der Waals surface area contributed by atoms with Gasteiger partial charge >= 0.3 is 0 Å². The zero-order chi connectivity index (χ0) is 17.8. The van der Waals surface area contributed by atoms with E-state index >= 15 is 0 Å². The number of rotatable bonds is 7. The van der Waals surface area contributed by atoms with E-state index in [0.29, 0.717) is 44.3 Å². The minimum Gasteiger partial charge on any atom is -0.469 e. The van der Waals surface area contributed by atoms with E-state index in [0.717, 1.165) is 12.3 Å². The van der Waals surface area contributed by atoms with Crippen molar-refractivity contribution in [2.45, 2.75) is 45.4 Å². The van der Waals surface area contributed by atoms with Gasteiger partial charge in [-0.1, -0.05) is 6.92 Å². The molecule has 1 aliphatic rings. The number of carbonyl (C=O) groups is 1. The maximum Gasteiger partial charge on any atom is 0.230 e. The van der Waals surface area contributed by atoms with Crippen LogP contribution in [-0.4, -0.2) is 62.8 Å². The first kappa shape index (κ1) is 17.6. The number of aliphatic hydroxyl groups is 1. The fraction of sp³-hybridized carbons (Fsp3) is 0.588. The second-order valence-corrected chi connectivity index (χ2v) is 6.29. The molecule has 0 bridgehead atoms. The van der Waals surface area contributed by atoms with Gasteiger partial charge in [-0.3, -0.25) is 9.69 Å². The van der Waals surface area contributed by atoms with Crippen LogP contribution >= 0.6 is 0 Å². The summed E-state index contributed by atoms with van der Waals surface area (Å²) in [5, 5.41) is 18.3. The molecule has 2 aromatic heterocycles. The number of carbonyl (C=O) groups excluding carboxylic acids is 1. The molecule has 0 aliphatic carbocycles. The van der Waals surface area contributed by atoms with Crippen molar-refractivity contribution in [3.8, 4) is 0 Å². The van der Waals surface area contributed by atoms with E-state index in [-0.39, 0.29) is 11.9 Å². The van der Waals surface area contributed by atoms with Crippen molar-refractivity contribution >= 4 is 5.91 Å². The molecule has 3 heterocycles. The third-order valence-corrected chi connectivity index (χ3v) is 4.56. The molecule has 8 nitrogen and oxygen atoms in total. The van der Waals surface area contributed by atoms with Crippen LogP contribution < -0.4 is 0 Å². The fourth-order valence-corrected chi connectivity index (χ4v) is 3.21. The Bertz CT molecular complexity index is 685. The van der Waals surface area contributed by atoms with Gasteiger partial charge in [-0.05, 0) is 18.7 Å². The maximum absolute atomic E-state index is 12.4. The first-order valence-corrected chi connectivity index (χ1v) is 8.58. The number of furan rings is 1. The van der Waals surface area contributed by atoms with Gasteiger partial charge in [-0.25, -0.2) is 0 Å². The predicted molar refractivity (Wildman–Crippen MR) is 88.5 cm³/mol. The third kappa shape index (κ3) is 4.26. The number of hydrogen-bond acceptors (Lipinski definition) is 7. The summed E-state index contributed by atoms with van der Waals surface area (Å²) in [4.78, 5) is 16.2. The lowest BCUT2D eigenvalue weighted by Gasteiger charge is -2.27. The second-order valence-electron chi connectivity index (χ2n) is 6.29. The van der Waals surface area contributed by atoms with Crippen LogP contribution in [0.25, 0.3) is 0 Å². The number of aliphatic hydroxyl groups excluding tert-OH is 1. The van der Waals surface area contributed by atoms with Gasteiger partial charge in [0.05, 0.1) is 25.0 Å². The van der Waals surface area contributed by atoms with E-state index in [1.54, 1.807) is 18.1 Å². The molecule has 1 fully saturated rings. The number of likely N-dealkylation sites (N-methyl/N-ethyl adjacent to an activating group) is 1. The summed E-state index contributed by atoms with van der Waals surface area (Å²) in [6, 6.07) is 3.54. The summed E-state index contributed by atoms with van der Waals surface area (Å²) in [7, 11) is 0. The molecule has 0 aromatic carbocycles. The van der Waals surface area contributed by atoms with Gasteiger partial charge in [0, 0.05) is 32.9 Å². The average Bonchev–Trinajstić information content (AvgIpc) is 3.32. The van der Waals surface area contributed by atoms with Crippen molar-refractivity contribution in [1.82, 2.24) is 20.0 Å². The molecule has 1 amide bonds. The quantitative estimate of drug-likeness (QED) is 0.797. The maximum atomic E-state index is 12.4. The number of aromatic nitrogens is 2. The topological polar surface area (TPSA) is 95.8 Å². The van der Waals surface area contributed by atoms with E-state index in [4.69, 9.17) is 8.83 Å². The molecular formula is C17H24N4O4. The normalized spacial score (nSPS) is 20.6. The Morgan fingerprint density at radius 2 is 2.28 bits per heavy atom. The lowest BCUT2D eigenvalue weighted by atomic mass is 10.2. The molecule has 0 radical (unpaired) electrons. The summed E-state index contributed by atoms with van der Waals surface area (Å²) < 4.78 is 10.7. The fourth-order valence-electron chi connectivity index (χ4n) is 3.21. The van der Waals surface area contributed by atoms with Gasteiger partial charge in [0.25, 0.3) is 0 Å². The lowest BCUT2D eigenvalue weighted by Crippen LogP contribution is -2.43. The molecule has 1 saturated heterocycles. The van der Waals surface area contributed by atoms with E-state index in [1.165, 1.54) is 0 Å². The van der Waals surface area contributed by atoms with Gasteiger partial charge in [0.15, 0.2) is 0 Å². The molecule has 1 aliphatic heterocycles. The number of hydrogen-bond donors (Lipinski definition) is 1. The molecule has 0 spiro atoms. The van der Waals surface area contributed by atoms with Crippen molar-refractivity contribution in [3.63, 3.8) is 0 Å². The zero-order valence-corrected chi connectivity index (χ0v) is 14.6. The van der Waals surface area contributed by atoms with Crippen molar-refractivity contribution < 1.29 is 18.7 Å². The summed E-state index contributed by atoms with van der Waals surface area (Å²) in [6.07, 6.45) is 1.97. The predicted octanol–water partition coefficient (Wildman–Crippen LogP) is 0.997. The number of aryl methyl sites for hydroxylation is 2. The molecule has 1 N–H and O–H groups in total. The highest BCUT2D eigenvalue weighted by molar-refractivity contribution is 5.76. The molecular weight excluding hydrogens is 324 g/mol. The highest BCUT2D eigenvalue weighted by Crippen LogP contribution is 2.20. The van der Waals surface area contributed by atoms with E-state index in [2.05, 4.69) is 15.1 Å². The molecule has 3 rings (SSSR count). The van der Waals surface area contributed by atoms with Gasteiger partial charge in [0.1, 0.15) is 5.76 Å². The molecule has 2 aromatic rings. The zero-order valence-electron chi connectivity index (χ0n) is 14.6. The SMILES string of the molecule is CCN(Cc1nnc(C)o1)[C@@H]1CN(C(=O)CCc2ccco2)C[C@H]1O. The van der Waals surface area contributed by atoms with Crippen molar-refractivity contribution in [3.05, 3.63) is 35.9 Å². The second kappa shape index (κ2) is 7.79. The Kier molecular flexibility index (Phi) is 5.50. The van der Waals surface area contributed by atoms with Crippen molar-refractivity contribution in [1.29, 1.82) is 0 Å². The highest BCUT2D eigenvalue weighted by Gasteiger charge is 2.37. The summed E-state index contributed by atoms with van der Waals surface area (Å²) >= 11 is 0. The van der Waals surface area contributed by atoms with Crippen molar-refractivity contribution in [2.75, 3.05) is 19.6 Å². The van der Waals surface area contributed by atoms with E-state index in [9.17, 15) is 9.90 Å². The molecule has 0 saturated carbocycles. The average molecular weight is 348 g/mol. The largest absolute Gasteiger partial charge is 0.469 e. The summed E-state index contributed by atoms with van der Waals surface area (Å²) in [5.74, 6) is 1.87. The summed E-state index contributed by atoms with van der Waals surface area (Å²) in [6.45, 7) is 5.79. The molecule has 8 heteroatoms. The van der Waals surface area contributed by atoms with Crippen LogP contribution in [0.5, 0.6) is 0 Å². The number of likely N-dealkylation sites (tertiary alicyclic amines) is 1. The van der Waals surface area contributed by atoms with Crippen LogP contribution in [0.4, 0.5) is 0 Å². The Labute approximate surface area is 146 Å². The lowest BCUT2D eigenvalue weighted by molar-refractivity contribution is -0.130. The minimum absolute atomic E-state index is 0.0302. The number of amides is 1. The van der Waals surface area contributed by atoms with Gasteiger partial charge in [-0.15, -0.1) is 10.2 Å².